The van der Waals surface area contributed by atoms with Crippen LogP contribution in [0.3, 0.4) is 0 Å². The minimum absolute atomic E-state index is 0.0352. The van der Waals surface area contributed by atoms with Gasteiger partial charge in [0.2, 0.25) is 0 Å². The number of benzene rings is 2. The molecule has 34 heavy (non-hydrogen) atoms. The molecule has 1 amide bonds. The summed E-state index contributed by atoms with van der Waals surface area (Å²) in [5.41, 5.74) is -2.91. The van der Waals surface area contributed by atoms with Crippen LogP contribution in [0.4, 0.5) is 27.6 Å². The fourth-order valence-electron chi connectivity index (χ4n) is 2.95. The molecule has 1 aromatic heterocycles. The molecule has 0 saturated carbocycles. The van der Waals surface area contributed by atoms with Crippen molar-refractivity contribution in [3.63, 3.8) is 0 Å². The van der Waals surface area contributed by atoms with Crippen LogP contribution >= 0.6 is 0 Å². The Hall–Kier alpha value is -3.61. The second kappa shape index (κ2) is 8.97. The lowest BCUT2D eigenvalue weighted by atomic mass is 10.1. The average molecular weight is 500 g/mol. The number of halogens is 5. The second-order valence-electron chi connectivity index (χ2n) is 7.29. The quantitative estimate of drug-likeness (QED) is 0.452. The molecule has 7 nitrogen and oxygen atoms in total. The second-order valence-corrected chi connectivity index (χ2v) is 9.45. The van der Waals surface area contributed by atoms with Gasteiger partial charge in [0.1, 0.15) is 22.9 Å². The Morgan fingerprint density at radius 3 is 2.38 bits per heavy atom. The summed E-state index contributed by atoms with van der Waals surface area (Å²) < 4.78 is 92.7. The Kier molecular flexibility index (Phi) is 6.60. The van der Waals surface area contributed by atoms with Crippen molar-refractivity contribution >= 4 is 21.3 Å². The van der Waals surface area contributed by atoms with Crippen LogP contribution in [0.2, 0.25) is 0 Å². The van der Waals surface area contributed by atoms with E-state index in [1.54, 1.807) is 0 Å². The van der Waals surface area contributed by atoms with Crippen LogP contribution in [0.5, 0.6) is 11.6 Å². The third-order valence-electron chi connectivity index (χ3n) is 4.69. The van der Waals surface area contributed by atoms with E-state index in [-0.39, 0.29) is 16.1 Å². The summed E-state index contributed by atoms with van der Waals surface area (Å²) >= 11 is 0. The van der Waals surface area contributed by atoms with E-state index in [0.717, 1.165) is 19.2 Å². The van der Waals surface area contributed by atoms with E-state index >= 15 is 0 Å². The zero-order valence-corrected chi connectivity index (χ0v) is 18.7. The third kappa shape index (κ3) is 5.30. The number of amides is 1. The van der Waals surface area contributed by atoms with Crippen LogP contribution in [0, 0.1) is 30.3 Å². The summed E-state index contributed by atoms with van der Waals surface area (Å²) in [7, 11) is -3.14. The highest BCUT2D eigenvalue weighted by atomic mass is 32.2. The molecule has 1 unspecified atom stereocenters. The Morgan fingerprint density at radius 2 is 1.76 bits per heavy atom. The highest BCUT2D eigenvalue weighted by molar-refractivity contribution is 7.91. The van der Waals surface area contributed by atoms with Gasteiger partial charge in [-0.25, -0.2) is 17.8 Å². The van der Waals surface area contributed by atoms with Gasteiger partial charge in [-0.2, -0.15) is 13.2 Å². The van der Waals surface area contributed by atoms with Gasteiger partial charge in [0.05, 0.1) is 9.73 Å². The highest BCUT2D eigenvalue weighted by Gasteiger charge is 2.38. The smallest absolute Gasteiger partial charge is 0.435 e. The van der Waals surface area contributed by atoms with E-state index < -0.39 is 61.9 Å². The van der Waals surface area contributed by atoms with Crippen LogP contribution in [0.25, 0.3) is 0 Å². The van der Waals surface area contributed by atoms with Crippen molar-refractivity contribution in [3.05, 3.63) is 70.4 Å². The van der Waals surface area contributed by atoms with Crippen LogP contribution in [0.15, 0.2) is 41.3 Å². The van der Waals surface area contributed by atoms with Crippen LogP contribution in [-0.4, -0.2) is 26.6 Å². The van der Waals surface area contributed by atoms with Gasteiger partial charge in [-0.1, -0.05) is 6.07 Å². The lowest BCUT2D eigenvalue weighted by molar-refractivity contribution is -0.142. The van der Waals surface area contributed by atoms with Crippen molar-refractivity contribution in [1.29, 1.82) is 4.78 Å². The maximum Gasteiger partial charge on any atom is 0.435 e. The van der Waals surface area contributed by atoms with E-state index in [9.17, 15) is 31.0 Å². The van der Waals surface area contributed by atoms with Crippen molar-refractivity contribution in [2.45, 2.75) is 24.9 Å². The molecule has 0 aliphatic heterocycles. The molecular weight excluding hydrogens is 483 g/mol. The van der Waals surface area contributed by atoms with E-state index in [0.29, 0.717) is 6.07 Å². The van der Waals surface area contributed by atoms with Gasteiger partial charge in [0.25, 0.3) is 11.8 Å². The number of hydrogen-bond donors (Lipinski definition) is 2. The van der Waals surface area contributed by atoms with Crippen LogP contribution < -0.4 is 10.1 Å². The predicted octanol–water partition coefficient (Wildman–Crippen LogP) is 5.47. The maximum atomic E-state index is 13.9. The van der Waals surface area contributed by atoms with Crippen molar-refractivity contribution in [1.82, 2.24) is 10.2 Å². The number of aromatic nitrogens is 2. The fourth-order valence-corrected chi connectivity index (χ4v) is 3.64. The molecule has 0 aliphatic carbocycles. The van der Waals surface area contributed by atoms with E-state index in [1.165, 1.54) is 31.2 Å². The number of nitrogens with one attached hydrogen (secondary N) is 2. The lowest BCUT2D eigenvalue weighted by Crippen LogP contribution is -2.21. The largest absolute Gasteiger partial charge is 0.436 e. The summed E-state index contributed by atoms with van der Waals surface area (Å²) in [6, 6.07) is 6.76. The van der Waals surface area contributed by atoms with Crippen molar-refractivity contribution in [2.24, 2.45) is 0 Å². The lowest BCUT2D eigenvalue weighted by Gasteiger charge is -2.17. The van der Waals surface area contributed by atoms with Crippen LogP contribution in [0.1, 0.15) is 27.2 Å². The first kappa shape index (κ1) is 25.0. The minimum atomic E-state index is -4.95. The zero-order valence-electron chi connectivity index (χ0n) is 17.9. The van der Waals surface area contributed by atoms with E-state index in [1.807, 2.05) is 0 Å². The molecule has 13 heteroatoms. The van der Waals surface area contributed by atoms with Gasteiger partial charge >= 0.3 is 6.18 Å². The van der Waals surface area contributed by atoms with Crippen molar-refractivity contribution < 1.29 is 35.7 Å². The summed E-state index contributed by atoms with van der Waals surface area (Å²) in [5, 5.41) is 8.78. The first-order valence-corrected chi connectivity index (χ1v) is 11.4. The summed E-state index contributed by atoms with van der Waals surface area (Å²) in [5.74, 6) is -4.23. The number of nitrogens with zero attached hydrogens (tertiary/aromatic N) is 2. The van der Waals surface area contributed by atoms with Crippen molar-refractivity contribution in [3.8, 4) is 11.6 Å². The summed E-state index contributed by atoms with van der Waals surface area (Å²) in [6.45, 7) is 2.21. The van der Waals surface area contributed by atoms with Crippen molar-refractivity contribution in [2.75, 3.05) is 11.6 Å². The molecule has 1 atom stereocenters. The Labute approximate surface area is 190 Å². The maximum absolute atomic E-state index is 13.9. The Bertz CT molecular complexity index is 1390. The van der Waals surface area contributed by atoms with Gasteiger partial charge in [-0.15, -0.1) is 10.2 Å². The third-order valence-corrected chi connectivity index (χ3v) is 5.84. The monoisotopic (exact) mass is 500 g/mol. The zero-order chi connectivity index (χ0) is 25.4. The standard InChI is InChI=1S/C21H17F5N4O3S/c1-10-15(23)7-12(22)8-16(10)33-20-17(11(2)18(29-30-20)21(24,25)26)19(31)28-13-5-4-6-14(9-13)34(3,27)32/h4-9,27H,1-3H3,(H,28,31). The normalized spacial score (nSPS) is 13.3. The topological polar surface area (TPSA) is 105 Å². The Morgan fingerprint density at radius 1 is 1.09 bits per heavy atom. The SMILES string of the molecule is Cc1c(F)cc(F)cc1Oc1nnc(C(F)(F)F)c(C)c1C(=O)Nc1cccc(S(C)(=N)=O)c1. The molecule has 0 fully saturated rings. The molecule has 0 radical (unpaired) electrons. The summed E-state index contributed by atoms with van der Waals surface area (Å²) in [4.78, 5) is 13.1. The van der Waals surface area contributed by atoms with Gasteiger partial charge in [-0.3, -0.25) is 4.79 Å². The molecule has 3 rings (SSSR count). The van der Waals surface area contributed by atoms with Gasteiger partial charge in [0, 0.05) is 34.5 Å². The first-order valence-electron chi connectivity index (χ1n) is 9.41. The molecule has 1 heterocycles. The number of ether oxygens (including phenoxy) is 1. The number of carbonyl (C=O) groups is 1. The van der Waals surface area contributed by atoms with Gasteiger partial charge in [0.15, 0.2) is 5.69 Å². The molecular formula is C21H17F5N4O3S. The number of rotatable bonds is 5. The van der Waals surface area contributed by atoms with Gasteiger partial charge in [-0.05, 0) is 37.6 Å². The average Bonchev–Trinajstić information content (AvgIpc) is 2.70. The van der Waals surface area contributed by atoms with E-state index in [2.05, 4.69) is 15.5 Å². The van der Waals surface area contributed by atoms with E-state index in [4.69, 9.17) is 9.52 Å². The molecule has 180 valence electrons. The molecule has 2 N–H and O–H groups in total. The molecule has 0 bridgehead atoms. The summed E-state index contributed by atoms with van der Waals surface area (Å²) in [6.07, 6.45) is -3.79. The molecule has 0 aliphatic rings. The number of alkyl halides is 3. The number of hydrogen-bond acceptors (Lipinski definition) is 6. The Balaban J connectivity index is 2.11. The highest BCUT2D eigenvalue weighted by Crippen LogP contribution is 2.36. The van der Waals surface area contributed by atoms with Crippen LogP contribution in [-0.2, 0) is 15.9 Å². The molecule has 0 saturated heterocycles. The fraction of sp³-hybridized carbons (Fsp3) is 0.190. The molecule has 3 aromatic rings. The van der Waals surface area contributed by atoms with Gasteiger partial charge < -0.3 is 10.1 Å². The predicted molar refractivity (Wildman–Crippen MR) is 112 cm³/mol. The molecule has 2 aromatic carbocycles. The molecule has 0 spiro atoms. The number of carbonyl (C=O) groups excluding carboxylic acids is 1. The minimum Gasteiger partial charge on any atom is -0.436 e. The number of anilines is 1. The first-order chi connectivity index (χ1) is 15.7.